The lowest BCUT2D eigenvalue weighted by Crippen LogP contribution is -2.37. The lowest BCUT2D eigenvalue weighted by molar-refractivity contribution is -0.119. The summed E-state index contributed by atoms with van der Waals surface area (Å²) in [5.41, 5.74) is 2.80. The molecule has 4 rings (SSSR count). The molecule has 1 amide bonds. The van der Waals surface area contributed by atoms with Crippen LogP contribution in [0.2, 0.25) is 0 Å². The van der Waals surface area contributed by atoms with E-state index in [2.05, 4.69) is 20.6 Å². The summed E-state index contributed by atoms with van der Waals surface area (Å²) in [4.78, 5) is 12.1. The molecule has 0 saturated heterocycles. The second-order valence-corrected chi connectivity index (χ2v) is 7.94. The Hall–Kier alpha value is -2.67. The number of aromatic nitrogens is 4. The Balaban J connectivity index is 1.31. The molecule has 7 heteroatoms. The topological polar surface area (TPSA) is 72.7 Å². The third-order valence-corrected chi connectivity index (χ3v) is 5.81. The molecule has 3 aromatic rings. The zero-order chi connectivity index (χ0) is 19.2. The molecule has 0 bridgehead atoms. The molecule has 1 N–H and O–H groups in total. The molecule has 0 unspecified atom stereocenters. The molecule has 0 spiro atoms. The van der Waals surface area contributed by atoms with Gasteiger partial charge in [-0.05, 0) is 43.2 Å². The minimum atomic E-state index is 0.0805. The highest BCUT2D eigenvalue weighted by atomic mass is 32.2. The molecule has 0 atom stereocenters. The van der Waals surface area contributed by atoms with Gasteiger partial charge in [0.1, 0.15) is 5.03 Å². The Bertz CT molecular complexity index is 888. The van der Waals surface area contributed by atoms with Gasteiger partial charge in [0.25, 0.3) is 0 Å². The predicted octanol–water partition coefficient (Wildman–Crippen LogP) is 3.87. The van der Waals surface area contributed by atoms with Crippen LogP contribution >= 0.6 is 11.8 Å². The van der Waals surface area contributed by atoms with Gasteiger partial charge < -0.3 is 5.32 Å². The van der Waals surface area contributed by atoms with Crippen molar-refractivity contribution in [3.63, 3.8) is 0 Å². The number of nitrogens with zero attached hydrogens (tertiary/aromatic N) is 4. The Morgan fingerprint density at radius 1 is 1.07 bits per heavy atom. The summed E-state index contributed by atoms with van der Waals surface area (Å²) in [5, 5.41) is 16.7. The van der Waals surface area contributed by atoms with Crippen LogP contribution in [0.5, 0.6) is 0 Å². The first-order chi connectivity index (χ1) is 13.8. The molecule has 0 radical (unpaired) electrons. The van der Waals surface area contributed by atoms with Gasteiger partial charge in [0, 0.05) is 24.0 Å². The van der Waals surface area contributed by atoms with Crippen LogP contribution in [0.4, 0.5) is 0 Å². The van der Waals surface area contributed by atoms with Gasteiger partial charge in [0.2, 0.25) is 5.91 Å². The number of hydrogen-bond acceptors (Lipinski definition) is 5. The average molecular weight is 394 g/mol. The molecule has 144 valence electrons. The normalized spacial score (nSPS) is 14.7. The van der Waals surface area contributed by atoms with Gasteiger partial charge in [0.05, 0.1) is 17.1 Å². The van der Waals surface area contributed by atoms with Crippen LogP contribution in [-0.4, -0.2) is 37.7 Å². The molecule has 1 aliphatic rings. The molecule has 2 heterocycles. The van der Waals surface area contributed by atoms with E-state index >= 15 is 0 Å². The number of nitrogens with one attached hydrogen (secondary N) is 1. The Morgan fingerprint density at radius 3 is 2.57 bits per heavy atom. The first kappa shape index (κ1) is 18.7. The zero-order valence-corrected chi connectivity index (χ0v) is 16.4. The second kappa shape index (κ2) is 9.01. The Kier molecular flexibility index (Phi) is 6.01. The van der Waals surface area contributed by atoms with E-state index in [1.807, 2.05) is 53.3 Å². The van der Waals surface area contributed by atoms with Crippen LogP contribution < -0.4 is 5.32 Å². The van der Waals surface area contributed by atoms with Crippen molar-refractivity contribution < 1.29 is 4.79 Å². The summed E-state index contributed by atoms with van der Waals surface area (Å²) >= 11 is 1.42. The average Bonchev–Trinajstić information content (AvgIpc) is 3.29. The highest BCUT2D eigenvalue weighted by Gasteiger charge is 2.15. The molecular formula is C21H23N5OS. The third-order valence-electron chi connectivity index (χ3n) is 4.89. The summed E-state index contributed by atoms with van der Waals surface area (Å²) in [7, 11) is 0. The highest BCUT2D eigenvalue weighted by molar-refractivity contribution is 7.99. The van der Waals surface area contributed by atoms with Crippen molar-refractivity contribution in [2.45, 2.75) is 43.2 Å². The molecule has 28 heavy (non-hydrogen) atoms. The van der Waals surface area contributed by atoms with E-state index in [-0.39, 0.29) is 5.91 Å². The van der Waals surface area contributed by atoms with Gasteiger partial charge in [-0.1, -0.05) is 43.2 Å². The lowest BCUT2D eigenvalue weighted by Gasteiger charge is -2.22. The molecule has 1 fully saturated rings. The first-order valence-corrected chi connectivity index (χ1v) is 10.6. The number of thioether (sulfide) groups is 1. The van der Waals surface area contributed by atoms with Crippen molar-refractivity contribution in [2.24, 2.45) is 0 Å². The van der Waals surface area contributed by atoms with Crippen molar-refractivity contribution in [3.8, 4) is 16.9 Å². The zero-order valence-electron chi connectivity index (χ0n) is 15.6. The molecule has 6 nitrogen and oxygen atoms in total. The summed E-state index contributed by atoms with van der Waals surface area (Å²) < 4.78 is 1.81. The van der Waals surface area contributed by atoms with Gasteiger partial charge in [-0.3, -0.25) is 4.79 Å². The predicted molar refractivity (Wildman–Crippen MR) is 110 cm³/mol. The minimum absolute atomic E-state index is 0.0805. The van der Waals surface area contributed by atoms with E-state index in [1.165, 1.54) is 31.0 Å². The van der Waals surface area contributed by atoms with Crippen molar-refractivity contribution >= 4 is 17.7 Å². The van der Waals surface area contributed by atoms with Gasteiger partial charge in [-0.15, -0.1) is 10.2 Å². The number of benzene rings is 1. The number of carbonyl (C=O) groups is 1. The van der Waals surface area contributed by atoms with Crippen LogP contribution in [0.25, 0.3) is 16.9 Å². The summed E-state index contributed by atoms with van der Waals surface area (Å²) in [6.07, 6.45) is 9.58. The molecule has 2 aromatic heterocycles. The molecule has 1 aromatic carbocycles. The standard InChI is InChI=1S/C21H23N5OS/c27-20(23-17-5-2-1-3-6-17)15-28-21-12-11-19(24-25-21)16-7-9-18(10-8-16)26-14-4-13-22-26/h4,7-14,17H,1-3,5-6,15H2,(H,23,27). The van der Waals surface area contributed by atoms with Crippen molar-refractivity contribution in [3.05, 3.63) is 54.9 Å². The van der Waals surface area contributed by atoms with Crippen LogP contribution in [0.15, 0.2) is 59.9 Å². The van der Waals surface area contributed by atoms with Crippen molar-refractivity contribution in [1.29, 1.82) is 0 Å². The maximum atomic E-state index is 12.1. The SMILES string of the molecule is O=C(CSc1ccc(-c2ccc(-n3cccn3)cc2)nn1)NC1CCCCC1. The highest BCUT2D eigenvalue weighted by Crippen LogP contribution is 2.22. The van der Waals surface area contributed by atoms with Crippen LogP contribution in [0, 0.1) is 0 Å². The second-order valence-electron chi connectivity index (χ2n) is 6.95. The fraction of sp³-hybridized carbons (Fsp3) is 0.333. The molecule has 1 saturated carbocycles. The van der Waals surface area contributed by atoms with E-state index in [0.717, 1.165) is 34.8 Å². The number of carbonyl (C=O) groups excluding carboxylic acids is 1. The Labute approximate surface area is 168 Å². The first-order valence-electron chi connectivity index (χ1n) is 9.64. The van der Waals surface area contributed by atoms with Gasteiger partial charge in [-0.25, -0.2) is 4.68 Å². The summed E-state index contributed by atoms with van der Waals surface area (Å²) in [6, 6.07) is 14.1. The van der Waals surface area contributed by atoms with Gasteiger partial charge >= 0.3 is 0 Å². The van der Waals surface area contributed by atoms with Gasteiger partial charge in [-0.2, -0.15) is 5.10 Å². The maximum Gasteiger partial charge on any atom is 0.230 e. The number of hydrogen-bond donors (Lipinski definition) is 1. The monoisotopic (exact) mass is 393 g/mol. The third kappa shape index (κ3) is 4.78. The number of rotatable bonds is 6. The van der Waals surface area contributed by atoms with E-state index in [1.54, 1.807) is 6.20 Å². The quantitative estimate of drug-likeness (QED) is 0.644. The van der Waals surface area contributed by atoms with E-state index in [4.69, 9.17) is 0 Å². The Morgan fingerprint density at radius 2 is 1.89 bits per heavy atom. The van der Waals surface area contributed by atoms with Crippen LogP contribution in [0.3, 0.4) is 0 Å². The largest absolute Gasteiger partial charge is 0.353 e. The molecule has 1 aliphatic carbocycles. The number of amides is 1. The molecule has 0 aliphatic heterocycles. The maximum absolute atomic E-state index is 12.1. The molecular weight excluding hydrogens is 370 g/mol. The fourth-order valence-electron chi connectivity index (χ4n) is 3.41. The summed E-state index contributed by atoms with van der Waals surface area (Å²) in [6.45, 7) is 0. The summed E-state index contributed by atoms with van der Waals surface area (Å²) in [5.74, 6) is 0.459. The van der Waals surface area contributed by atoms with Gasteiger partial charge in [0.15, 0.2) is 0 Å². The van der Waals surface area contributed by atoms with E-state index in [0.29, 0.717) is 11.8 Å². The van der Waals surface area contributed by atoms with E-state index < -0.39 is 0 Å². The van der Waals surface area contributed by atoms with Crippen molar-refractivity contribution in [1.82, 2.24) is 25.3 Å². The van der Waals surface area contributed by atoms with Crippen LogP contribution in [-0.2, 0) is 4.79 Å². The van der Waals surface area contributed by atoms with E-state index in [9.17, 15) is 4.79 Å². The van der Waals surface area contributed by atoms with Crippen molar-refractivity contribution in [2.75, 3.05) is 5.75 Å². The van der Waals surface area contributed by atoms with Crippen LogP contribution in [0.1, 0.15) is 32.1 Å². The fourth-order valence-corrected chi connectivity index (χ4v) is 4.04. The lowest BCUT2D eigenvalue weighted by atomic mass is 9.95. The minimum Gasteiger partial charge on any atom is -0.353 e. The smallest absolute Gasteiger partial charge is 0.230 e.